The quantitative estimate of drug-likeness (QED) is 0.835. The molecule has 0 saturated heterocycles. The van der Waals surface area contributed by atoms with Gasteiger partial charge in [-0.05, 0) is 13.8 Å². The van der Waals surface area contributed by atoms with Crippen molar-refractivity contribution >= 4 is 11.7 Å². The molecule has 19 heavy (non-hydrogen) atoms. The number of aryl methyl sites for hydroxylation is 1. The van der Waals surface area contributed by atoms with E-state index in [-0.39, 0.29) is 5.88 Å². The number of rotatable bonds is 1. The van der Waals surface area contributed by atoms with Crippen LogP contribution in [0.2, 0.25) is 0 Å². The molecule has 0 atom stereocenters. The second-order valence-corrected chi connectivity index (χ2v) is 4.47. The Morgan fingerprint density at radius 3 is 3.05 bits per heavy atom. The first-order chi connectivity index (χ1) is 9.10. The third-order valence-corrected chi connectivity index (χ3v) is 3.12. The molecule has 0 bridgehead atoms. The van der Waals surface area contributed by atoms with E-state index in [0.29, 0.717) is 30.9 Å². The van der Waals surface area contributed by atoms with E-state index in [1.165, 1.54) is 4.90 Å². The van der Waals surface area contributed by atoms with Gasteiger partial charge in [0.25, 0.3) is 0 Å². The van der Waals surface area contributed by atoms with Crippen LogP contribution in [0, 0.1) is 6.92 Å². The summed E-state index contributed by atoms with van der Waals surface area (Å²) in [4.78, 5) is 17.3. The Kier molecular flexibility index (Phi) is 2.55. The Balaban J connectivity index is 2.04. The molecule has 1 N–H and O–H groups in total. The summed E-state index contributed by atoms with van der Waals surface area (Å²) in [5, 5.41) is 14.3. The summed E-state index contributed by atoms with van der Waals surface area (Å²) >= 11 is 0. The molecule has 2 aromatic heterocycles. The van der Waals surface area contributed by atoms with Crippen molar-refractivity contribution in [1.82, 2.24) is 19.5 Å². The highest BCUT2D eigenvalue weighted by molar-refractivity contribution is 5.69. The molecule has 0 aromatic carbocycles. The maximum atomic E-state index is 11.7. The fourth-order valence-corrected chi connectivity index (χ4v) is 2.29. The van der Waals surface area contributed by atoms with E-state index in [4.69, 9.17) is 4.74 Å². The number of carbonyl (C=O) groups excluding carboxylic acids is 1. The highest BCUT2D eigenvalue weighted by Gasteiger charge is 2.30. The standard InChI is InChI=1S/C12H14N4O3/c1-3-19-12(18)15-5-8-9(6-15)16-10(13-11(8)17)4-7(2)14-16/h4H,3,5-6H2,1-2H3,(H,13,17). The van der Waals surface area contributed by atoms with Crippen LogP contribution in [0.15, 0.2) is 6.07 Å². The number of nitrogens with zero attached hydrogens (tertiary/aromatic N) is 4. The van der Waals surface area contributed by atoms with Gasteiger partial charge in [0.15, 0.2) is 5.65 Å². The molecular weight excluding hydrogens is 248 g/mol. The lowest BCUT2D eigenvalue weighted by molar-refractivity contribution is 0.106. The minimum Gasteiger partial charge on any atom is -0.493 e. The van der Waals surface area contributed by atoms with Crippen LogP contribution in [-0.2, 0) is 17.8 Å². The van der Waals surface area contributed by atoms with Gasteiger partial charge in [-0.3, -0.25) is 4.90 Å². The van der Waals surface area contributed by atoms with Crippen LogP contribution in [0.25, 0.3) is 5.65 Å². The van der Waals surface area contributed by atoms with E-state index in [2.05, 4.69) is 10.1 Å². The summed E-state index contributed by atoms with van der Waals surface area (Å²) in [6.07, 6.45) is -0.393. The van der Waals surface area contributed by atoms with Crippen LogP contribution in [0.4, 0.5) is 4.79 Å². The predicted octanol–water partition coefficient (Wildman–Crippen LogP) is 1.22. The SMILES string of the molecule is CCOC(=O)N1Cc2c(O)nc3cc(C)nn3c2C1. The molecule has 0 radical (unpaired) electrons. The smallest absolute Gasteiger partial charge is 0.410 e. The molecule has 0 saturated carbocycles. The Hall–Kier alpha value is -2.31. The number of carbonyl (C=O) groups is 1. The van der Waals surface area contributed by atoms with Gasteiger partial charge in [0, 0.05) is 6.07 Å². The highest BCUT2D eigenvalue weighted by atomic mass is 16.6. The molecular formula is C12H14N4O3. The summed E-state index contributed by atoms with van der Waals surface area (Å²) in [7, 11) is 0. The van der Waals surface area contributed by atoms with Crippen LogP contribution in [0.3, 0.4) is 0 Å². The normalized spacial score (nSPS) is 13.9. The second kappa shape index (κ2) is 4.11. The number of aromatic hydroxyl groups is 1. The molecule has 0 fully saturated rings. The van der Waals surface area contributed by atoms with E-state index < -0.39 is 6.09 Å². The van der Waals surface area contributed by atoms with Gasteiger partial charge >= 0.3 is 6.09 Å². The van der Waals surface area contributed by atoms with E-state index in [1.807, 2.05) is 6.92 Å². The number of amides is 1. The first kappa shape index (κ1) is 11.8. The lowest BCUT2D eigenvalue weighted by atomic mass is 10.2. The lowest BCUT2D eigenvalue weighted by Crippen LogP contribution is -2.26. The maximum Gasteiger partial charge on any atom is 0.410 e. The molecule has 7 heteroatoms. The fourth-order valence-electron chi connectivity index (χ4n) is 2.29. The van der Waals surface area contributed by atoms with Gasteiger partial charge < -0.3 is 9.84 Å². The second-order valence-electron chi connectivity index (χ2n) is 4.47. The van der Waals surface area contributed by atoms with Crippen LogP contribution in [-0.4, -0.2) is 37.3 Å². The van der Waals surface area contributed by atoms with Crippen LogP contribution < -0.4 is 0 Å². The van der Waals surface area contributed by atoms with E-state index >= 15 is 0 Å². The summed E-state index contributed by atoms with van der Waals surface area (Å²) in [5.74, 6) is -0.0470. The fraction of sp³-hybridized carbons (Fsp3) is 0.417. The highest BCUT2D eigenvalue weighted by Crippen LogP contribution is 2.30. The Morgan fingerprint density at radius 2 is 2.32 bits per heavy atom. The minimum absolute atomic E-state index is 0.0470. The molecule has 1 amide bonds. The van der Waals surface area contributed by atoms with E-state index in [1.54, 1.807) is 17.5 Å². The topological polar surface area (TPSA) is 80.0 Å². The van der Waals surface area contributed by atoms with Gasteiger partial charge in [0.1, 0.15) is 0 Å². The van der Waals surface area contributed by atoms with Gasteiger partial charge in [-0.25, -0.2) is 9.31 Å². The molecule has 0 spiro atoms. The zero-order chi connectivity index (χ0) is 13.6. The molecule has 100 valence electrons. The third kappa shape index (κ3) is 1.78. The Bertz CT molecular complexity index is 665. The summed E-state index contributed by atoms with van der Waals surface area (Å²) < 4.78 is 6.64. The monoisotopic (exact) mass is 262 g/mol. The van der Waals surface area contributed by atoms with Gasteiger partial charge in [-0.2, -0.15) is 10.1 Å². The van der Waals surface area contributed by atoms with Crippen LogP contribution in [0.1, 0.15) is 23.9 Å². The number of fused-ring (bicyclic) bond motifs is 3. The molecule has 7 nitrogen and oxygen atoms in total. The van der Waals surface area contributed by atoms with Crippen molar-refractivity contribution in [2.45, 2.75) is 26.9 Å². The summed E-state index contributed by atoms with van der Waals surface area (Å²) in [5.41, 5.74) is 2.81. The number of hydrogen-bond donors (Lipinski definition) is 1. The molecule has 0 unspecified atom stereocenters. The zero-order valence-electron chi connectivity index (χ0n) is 10.8. The number of aromatic nitrogens is 3. The van der Waals surface area contributed by atoms with Crippen molar-refractivity contribution in [3.8, 4) is 5.88 Å². The van der Waals surface area contributed by atoms with Gasteiger partial charge in [-0.15, -0.1) is 0 Å². The van der Waals surface area contributed by atoms with Gasteiger partial charge in [-0.1, -0.05) is 0 Å². The molecule has 3 rings (SSSR count). The summed E-state index contributed by atoms with van der Waals surface area (Å²) in [6.45, 7) is 4.60. The molecule has 2 aromatic rings. The van der Waals surface area contributed by atoms with Crippen molar-refractivity contribution in [3.63, 3.8) is 0 Å². The molecule has 1 aliphatic rings. The summed E-state index contributed by atoms with van der Waals surface area (Å²) in [6, 6.07) is 1.78. The average molecular weight is 262 g/mol. The largest absolute Gasteiger partial charge is 0.493 e. The molecule has 3 heterocycles. The van der Waals surface area contributed by atoms with Crippen molar-refractivity contribution in [3.05, 3.63) is 23.0 Å². The van der Waals surface area contributed by atoms with Crippen LogP contribution >= 0.6 is 0 Å². The van der Waals surface area contributed by atoms with E-state index in [0.717, 1.165) is 11.4 Å². The van der Waals surface area contributed by atoms with Crippen LogP contribution in [0.5, 0.6) is 5.88 Å². The first-order valence-corrected chi connectivity index (χ1v) is 6.09. The first-order valence-electron chi connectivity index (χ1n) is 6.09. The molecule has 0 aliphatic carbocycles. The van der Waals surface area contributed by atoms with Crippen molar-refractivity contribution in [2.24, 2.45) is 0 Å². The lowest BCUT2D eigenvalue weighted by Gasteiger charge is -2.13. The Morgan fingerprint density at radius 1 is 1.53 bits per heavy atom. The average Bonchev–Trinajstić information content (AvgIpc) is 2.92. The predicted molar refractivity (Wildman–Crippen MR) is 65.7 cm³/mol. The van der Waals surface area contributed by atoms with Gasteiger partial charge in [0.05, 0.1) is 36.6 Å². The van der Waals surface area contributed by atoms with Crippen molar-refractivity contribution in [1.29, 1.82) is 0 Å². The third-order valence-electron chi connectivity index (χ3n) is 3.12. The molecule has 1 aliphatic heterocycles. The van der Waals surface area contributed by atoms with E-state index in [9.17, 15) is 9.90 Å². The van der Waals surface area contributed by atoms with Crippen molar-refractivity contribution in [2.75, 3.05) is 6.61 Å². The zero-order valence-corrected chi connectivity index (χ0v) is 10.8. The maximum absolute atomic E-state index is 11.7. The Labute approximate surface area is 109 Å². The van der Waals surface area contributed by atoms with Crippen molar-refractivity contribution < 1.29 is 14.6 Å². The van der Waals surface area contributed by atoms with Gasteiger partial charge in [0.2, 0.25) is 5.88 Å². The number of hydrogen-bond acceptors (Lipinski definition) is 5. The minimum atomic E-state index is -0.393. The number of ether oxygens (including phenoxy) is 1.